The van der Waals surface area contributed by atoms with E-state index in [1.165, 1.54) is 5.56 Å². The average molecular weight is 349 g/mol. The van der Waals surface area contributed by atoms with Crippen molar-refractivity contribution in [2.24, 2.45) is 5.73 Å². The second-order valence-corrected chi connectivity index (χ2v) is 7.18. The number of imidazole rings is 1. The monoisotopic (exact) mass is 349 g/mol. The summed E-state index contributed by atoms with van der Waals surface area (Å²) in [7, 11) is 0. The van der Waals surface area contributed by atoms with E-state index >= 15 is 0 Å². The van der Waals surface area contributed by atoms with Gasteiger partial charge in [-0.2, -0.15) is 0 Å². The molecule has 0 aliphatic heterocycles. The van der Waals surface area contributed by atoms with Crippen LogP contribution in [0.3, 0.4) is 0 Å². The number of carbonyl (C=O) groups is 1. The highest BCUT2D eigenvalue weighted by molar-refractivity contribution is 5.64. The van der Waals surface area contributed by atoms with Crippen LogP contribution in [-0.2, 0) is 16.8 Å². The molecule has 2 aromatic carbocycles. The standard InChI is InChI=1S/C21H23N3O2/c1-21(2,3)16-9-11-17(12-10-16)24-13-18(15-7-5-4-6-8-15)23-19(24)14-26-20(22)25/h4-13H,14H2,1-3H3,(H2,22,25). The fourth-order valence-electron chi connectivity index (χ4n) is 2.75. The first-order valence-corrected chi connectivity index (χ1v) is 8.51. The van der Waals surface area contributed by atoms with E-state index in [4.69, 9.17) is 10.5 Å². The normalized spacial score (nSPS) is 11.3. The second kappa shape index (κ2) is 7.04. The van der Waals surface area contributed by atoms with Gasteiger partial charge in [-0.05, 0) is 23.1 Å². The largest absolute Gasteiger partial charge is 0.442 e. The van der Waals surface area contributed by atoms with Crippen molar-refractivity contribution in [3.05, 3.63) is 72.2 Å². The first kappa shape index (κ1) is 17.7. The Morgan fingerprint density at radius 1 is 1.08 bits per heavy atom. The summed E-state index contributed by atoms with van der Waals surface area (Å²) in [6, 6.07) is 18.2. The average Bonchev–Trinajstić information content (AvgIpc) is 3.04. The van der Waals surface area contributed by atoms with E-state index in [-0.39, 0.29) is 12.0 Å². The maximum absolute atomic E-state index is 11.0. The maximum Gasteiger partial charge on any atom is 0.404 e. The molecule has 0 spiro atoms. The van der Waals surface area contributed by atoms with Gasteiger partial charge in [-0.3, -0.25) is 0 Å². The number of carbonyl (C=O) groups excluding carboxylic acids is 1. The lowest BCUT2D eigenvalue weighted by atomic mass is 9.87. The number of aromatic nitrogens is 2. The Morgan fingerprint density at radius 3 is 2.31 bits per heavy atom. The van der Waals surface area contributed by atoms with Crippen LogP contribution in [0.25, 0.3) is 16.9 Å². The van der Waals surface area contributed by atoms with Crippen molar-refractivity contribution >= 4 is 6.09 Å². The molecule has 0 saturated heterocycles. The molecule has 3 aromatic rings. The van der Waals surface area contributed by atoms with Crippen LogP contribution < -0.4 is 5.73 Å². The van der Waals surface area contributed by atoms with Crippen molar-refractivity contribution in [3.8, 4) is 16.9 Å². The Bertz CT molecular complexity index is 891. The number of primary amides is 1. The van der Waals surface area contributed by atoms with Gasteiger partial charge in [0.05, 0.1) is 5.69 Å². The summed E-state index contributed by atoms with van der Waals surface area (Å²) in [6.07, 6.45) is 1.13. The summed E-state index contributed by atoms with van der Waals surface area (Å²) < 4.78 is 6.90. The van der Waals surface area contributed by atoms with Gasteiger partial charge in [-0.15, -0.1) is 0 Å². The Labute approximate surface area is 153 Å². The molecule has 0 saturated carbocycles. The van der Waals surface area contributed by atoms with E-state index in [0.29, 0.717) is 5.82 Å². The minimum Gasteiger partial charge on any atom is -0.442 e. The van der Waals surface area contributed by atoms with Gasteiger partial charge in [0.25, 0.3) is 0 Å². The predicted molar refractivity (Wildman–Crippen MR) is 102 cm³/mol. The van der Waals surface area contributed by atoms with E-state index < -0.39 is 6.09 Å². The van der Waals surface area contributed by atoms with Crippen LogP contribution in [0.2, 0.25) is 0 Å². The SMILES string of the molecule is CC(C)(C)c1ccc(-n2cc(-c3ccccc3)nc2COC(N)=O)cc1. The molecule has 5 nitrogen and oxygen atoms in total. The number of amides is 1. The van der Waals surface area contributed by atoms with Crippen molar-refractivity contribution in [3.63, 3.8) is 0 Å². The van der Waals surface area contributed by atoms with Crippen LogP contribution in [0.5, 0.6) is 0 Å². The van der Waals surface area contributed by atoms with E-state index in [9.17, 15) is 4.79 Å². The summed E-state index contributed by atoms with van der Waals surface area (Å²) in [5, 5.41) is 0. The molecule has 2 N–H and O–H groups in total. The summed E-state index contributed by atoms with van der Waals surface area (Å²) in [5.74, 6) is 0.617. The van der Waals surface area contributed by atoms with Crippen molar-refractivity contribution in [2.75, 3.05) is 0 Å². The lowest BCUT2D eigenvalue weighted by Gasteiger charge is -2.19. The molecule has 26 heavy (non-hydrogen) atoms. The molecule has 0 aliphatic rings. The Hall–Kier alpha value is -3.08. The highest BCUT2D eigenvalue weighted by atomic mass is 16.5. The van der Waals surface area contributed by atoms with Crippen LogP contribution in [0, 0.1) is 0 Å². The quantitative estimate of drug-likeness (QED) is 0.757. The number of hydrogen-bond donors (Lipinski definition) is 1. The predicted octanol–water partition coefficient (Wildman–Crippen LogP) is 4.43. The molecule has 0 radical (unpaired) electrons. The molecule has 1 heterocycles. The molecular weight excluding hydrogens is 326 g/mol. The van der Waals surface area contributed by atoms with Gasteiger partial charge in [0.15, 0.2) is 12.4 Å². The lowest BCUT2D eigenvalue weighted by Crippen LogP contribution is -2.15. The third kappa shape index (κ3) is 3.94. The fourth-order valence-corrected chi connectivity index (χ4v) is 2.75. The maximum atomic E-state index is 11.0. The summed E-state index contributed by atoms with van der Waals surface area (Å²) in [5.41, 5.74) is 9.22. The first-order valence-electron chi connectivity index (χ1n) is 8.51. The van der Waals surface area contributed by atoms with Gasteiger partial charge in [0.2, 0.25) is 0 Å². The lowest BCUT2D eigenvalue weighted by molar-refractivity contribution is 0.146. The zero-order chi connectivity index (χ0) is 18.7. The zero-order valence-corrected chi connectivity index (χ0v) is 15.3. The molecule has 0 atom stereocenters. The second-order valence-electron chi connectivity index (χ2n) is 7.18. The van der Waals surface area contributed by atoms with Gasteiger partial charge < -0.3 is 15.0 Å². The molecular formula is C21H23N3O2. The van der Waals surface area contributed by atoms with Crippen LogP contribution >= 0.6 is 0 Å². The van der Waals surface area contributed by atoms with E-state index in [2.05, 4.69) is 37.9 Å². The first-order chi connectivity index (χ1) is 12.3. The number of hydrogen-bond acceptors (Lipinski definition) is 3. The van der Waals surface area contributed by atoms with Crippen LogP contribution in [-0.4, -0.2) is 15.6 Å². The number of ether oxygens (including phenoxy) is 1. The zero-order valence-electron chi connectivity index (χ0n) is 15.3. The molecule has 0 unspecified atom stereocenters. The molecule has 0 fully saturated rings. The number of nitrogens with two attached hydrogens (primary N) is 1. The van der Waals surface area contributed by atoms with Crippen molar-refractivity contribution in [2.45, 2.75) is 32.8 Å². The highest BCUT2D eigenvalue weighted by Gasteiger charge is 2.15. The summed E-state index contributed by atoms with van der Waals surface area (Å²) >= 11 is 0. The van der Waals surface area contributed by atoms with Crippen LogP contribution in [0.1, 0.15) is 32.2 Å². The molecule has 1 amide bonds. The van der Waals surface area contributed by atoms with E-state index in [1.54, 1.807) is 0 Å². The highest BCUT2D eigenvalue weighted by Crippen LogP contribution is 2.25. The molecule has 0 bridgehead atoms. The van der Waals surface area contributed by atoms with Crippen molar-refractivity contribution < 1.29 is 9.53 Å². The van der Waals surface area contributed by atoms with E-state index in [1.807, 2.05) is 53.2 Å². The molecule has 3 rings (SSSR count). The van der Waals surface area contributed by atoms with Crippen LogP contribution in [0.15, 0.2) is 60.8 Å². The third-order valence-electron chi connectivity index (χ3n) is 4.20. The summed E-state index contributed by atoms with van der Waals surface area (Å²) in [4.78, 5) is 15.6. The van der Waals surface area contributed by atoms with Gasteiger partial charge >= 0.3 is 6.09 Å². The minimum absolute atomic E-state index is 0.0171. The number of rotatable bonds is 4. The Kier molecular flexibility index (Phi) is 4.80. The van der Waals surface area contributed by atoms with Crippen molar-refractivity contribution in [1.82, 2.24) is 9.55 Å². The number of nitrogens with zero attached hydrogens (tertiary/aromatic N) is 2. The summed E-state index contributed by atoms with van der Waals surface area (Å²) in [6.45, 7) is 6.56. The molecule has 134 valence electrons. The van der Waals surface area contributed by atoms with Gasteiger partial charge in [0, 0.05) is 17.4 Å². The van der Waals surface area contributed by atoms with Gasteiger partial charge in [0.1, 0.15) is 0 Å². The van der Waals surface area contributed by atoms with E-state index in [0.717, 1.165) is 16.9 Å². The van der Waals surface area contributed by atoms with Gasteiger partial charge in [-0.25, -0.2) is 9.78 Å². The Balaban J connectivity index is 2.01. The molecule has 1 aromatic heterocycles. The minimum atomic E-state index is -0.816. The van der Waals surface area contributed by atoms with Crippen molar-refractivity contribution in [1.29, 1.82) is 0 Å². The van der Waals surface area contributed by atoms with Gasteiger partial charge in [-0.1, -0.05) is 63.2 Å². The molecule has 5 heteroatoms. The fraction of sp³-hybridized carbons (Fsp3) is 0.238. The molecule has 0 aliphatic carbocycles. The Morgan fingerprint density at radius 2 is 1.73 bits per heavy atom. The smallest absolute Gasteiger partial charge is 0.404 e. The third-order valence-corrected chi connectivity index (χ3v) is 4.20. The number of benzene rings is 2. The van der Waals surface area contributed by atoms with Crippen LogP contribution in [0.4, 0.5) is 4.79 Å². The topological polar surface area (TPSA) is 70.1 Å².